The van der Waals surface area contributed by atoms with Crippen molar-refractivity contribution in [2.75, 3.05) is 0 Å². The summed E-state index contributed by atoms with van der Waals surface area (Å²) in [5, 5.41) is 6.78. The summed E-state index contributed by atoms with van der Waals surface area (Å²) in [4.78, 5) is 14.4. The number of thiophene rings is 1. The van der Waals surface area contributed by atoms with Crippen LogP contribution in [0.3, 0.4) is 0 Å². The van der Waals surface area contributed by atoms with Crippen molar-refractivity contribution in [2.24, 2.45) is 0 Å². The number of amides is 1. The lowest BCUT2D eigenvalue weighted by atomic mass is 9.95. The lowest BCUT2D eigenvalue weighted by Crippen LogP contribution is -2.42. The minimum absolute atomic E-state index is 0.0733. The normalized spacial score (nSPS) is 26.3. The molecular weight excluding hydrogens is 292 g/mol. The first-order chi connectivity index (χ1) is 10.7. The van der Waals surface area contributed by atoms with Gasteiger partial charge in [0.1, 0.15) is 0 Å². The predicted molar refractivity (Wildman–Crippen MR) is 90.3 cm³/mol. The molecule has 22 heavy (non-hydrogen) atoms. The van der Waals surface area contributed by atoms with Crippen LogP contribution in [0.2, 0.25) is 0 Å². The van der Waals surface area contributed by atoms with Gasteiger partial charge in [0, 0.05) is 23.0 Å². The van der Waals surface area contributed by atoms with Crippen LogP contribution in [0.4, 0.5) is 0 Å². The molecule has 2 aliphatic rings. The van der Waals surface area contributed by atoms with Crippen molar-refractivity contribution in [3.8, 4) is 10.4 Å². The van der Waals surface area contributed by atoms with Crippen LogP contribution in [0.15, 0.2) is 36.4 Å². The Morgan fingerprint density at radius 1 is 1.23 bits per heavy atom. The number of fused-ring (bicyclic) bond motifs is 2. The Morgan fingerprint density at radius 3 is 2.82 bits per heavy atom. The van der Waals surface area contributed by atoms with E-state index in [9.17, 15) is 4.79 Å². The van der Waals surface area contributed by atoms with Gasteiger partial charge in [-0.25, -0.2) is 0 Å². The highest BCUT2D eigenvalue weighted by Crippen LogP contribution is 2.32. The minimum atomic E-state index is 0.0733. The van der Waals surface area contributed by atoms with Crippen molar-refractivity contribution in [1.82, 2.24) is 10.6 Å². The molecule has 2 fully saturated rings. The van der Waals surface area contributed by atoms with Crippen LogP contribution in [-0.4, -0.2) is 24.0 Å². The van der Waals surface area contributed by atoms with E-state index < -0.39 is 0 Å². The second-order valence-corrected chi connectivity index (χ2v) is 7.43. The zero-order valence-corrected chi connectivity index (χ0v) is 13.5. The fourth-order valence-corrected chi connectivity index (χ4v) is 4.68. The van der Waals surface area contributed by atoms with E-state index in [0.29, 0.717) is 18.1 Å². The van der Waals surface area contributed by atoms with Crippen molar-refractivity contribution < 1.29 is 4.79 Å². The summed E-state index contributed by atoms with van der Waals surface area (Å²) in [6.07, 6.45) is 3.52. The van der Waals surface area contributed by atoms with Gasteiger partial charge in [-0.05, 0) is 49.4 Å². The highest BCUT2D eigenvalue weighted by molar-refractivity contribution is 7.17. The zero-order valence-electron chi connectivity index (χ0n) is 12.6. The molecule has 4 rings (SSSR count). The molecule has 0 saturated carbocycles. The average molecular weight is 312 g/mol. The first-order valence-corrected chi connectivity index (χ1v) is 8.75. The quantitative estimate of drug-likeness (QED) is 0.912. The standard InChI is InChI=1S/C18H20N2OS/c1-11-4-2-3-5-13(11)16-8-9-17(22-16)18(21)20-15-10-12-6-7-14(15)19-12/h2-5,8-9,12,14-15,19H,6-7,10H2,1H3,(H,20,21)/t12-,14+,15-/m1/s1. The van der Waals surface area contributed by atoms with Gasteiger partial charge >= 0.3 is 0 Å². The van der Waals surface area contributed by atoms with Gasteiger partial charge in [-0.3, -0.25) is 4.79 Å². The molecule has 0 spiro atoms. The number of benzene rings is 1. The Morgan fingerprint density at radius 2 is 2.09 bits per heavy atom. The Labute approximate surface area is 134 Å². The monoisotopic (exact) mass is 312 g/mol. The lowest BCUT2D eigenvalue weighted by molar-refractivity contribution is 0.0935. The fraction of sp³-hybridized carbons (Fsp3) is 0.389. The van der Waals surface area contributed by atoms with Gasteiger partial charge in [0.05, 0.1) is 4.88 Å². The summed E-state index contributed by atoms with van der Waals surface area (Å²) in [6.45, 7) is 2.11. The Hall–Kier alpha value is -1.65. The highest BCUT2D eigenvalue weighted by atomic mass is 32.1. The molecule has 4 heteroatoms. The third-order valence-corrected chi connectivity index (χ3v) is 5.97. The smallest absolute Gasteiger partial charge is 0.261 e. The van der Waals surface area contributed by atoms with Gasteiger partial charge in [0.25, 0.3) is 5.91 Å². The second kappa shape index (κ2) is 5.52. The van der Waals surface area contributed by atoms with E-state index in [0.717, 1.165) is 16.2 Å². The van der Waals surface area contributed by atoms with Crippen LogP contribution < -0.4 is 10.6 Å². The third-order valence-electron chi connectivity index (χ3n) is 4.86. The minimum Gasteiger partial charge on any atom is -0.347 e. The van der Waals surface area contributed by atoms with Gasteiger partial charge in [0.2, 0.25) is 0 Å². The maximum absolute atomic E-state index is 12.5. The summed E-state index contributed by atoms with van der Waals surface area (Å²) < 4.78 is 0. The average Bonchev–Trinajstić information content (AvgIpc) is 3.24. The number of rotatable bonds is 3. The van der Waals surface area contributed by atoms with Gasteiger partial charge in [-0.15, -0.1) is 11.3 Å². The Balaban J connectivity index is 1.49. The molecule has 3 atom stereocenters. The van der Waals surface area contributed by atoms with Crippen molar-refractivity contribution in [1.29, 1.82) is 0 Å². The van der Waals surface area contributed by atoms with Crippen LogP contribution in [0, 0.1) is 6.92 Å². The molecule has 2 bridgehead atoms. The summed E-state index contributed by atoms with van der Waals surface area (Å²) in [5.41, 5.74) is 2.46. The molecule has 2 aromatic rings. The van der Waals surface area contributed by atoms with Gasteiger partial charge < -0.3 is 10.6 Å². The third kappa shape index (κ3) is 2.46. The van der Waals surface area contributed by atoms with Crippen LogP contribution in [-0.2, 0) is 0 Å². The molecule has 1 aromatic heterocycles. The molecule has 2 saturated heterocycles. The molecule has 1 aromatic carbocycles. The fourth-order valence-electron chi connectivity index (χ4n) is 3.68. The van der Waals surface area contributed by atoms with E-state index in [1.807, 2.05) is 18.2 Å². The van der Waals surface area contributed by atoms with Crippen LogP contribution in [0.1, 0.15) is 34.5 Å². The number of carbonyl (C=O) groups excluding carboxylic acids is 1. The number of carbonyl (C=O) groups is 1. The SMILES string of the molecule is Cc1ccccc1-c1ccc(C(=O)N[C@@H]2C[C@H]3CC[C@@H]2N3)s1. The van der Waals surface area contributed by atoms with Crippen molar-refractivity contribution in [2.45, 2.75) is 44.3 Å². The van der Waals surface area contributed by atoms with E-state index in [1.54, 1.807) is 11.3 Å². The van der Waals surface area contributed by atoms with E-state index >= 15 is 0 Å². The Kier molecular flexibility index (Phi) is 3.51. The molecule has 1 amide bonds. The summed E-state index contributed by atoms with van der Waals surface area (Å²) in [7, 11) is 0. The van der Waals surface area contributed by atoms with Crippen molar-refractivity contribution in [3.63, 3.8) is 0 Å². The summed E-state index contributed by atoms with van der Waals surface area (Å²) in [6, 6.07) is 13.7. The molecule has 114 valence electrons. The zero-order chi connectivity index (χ0) is 15.1. The summed E-state index contributed by atoms with van der Waals surface area (Å²) >= 11 is 1.58. The number of hydrogen-bond acceptors (Lipinski definition) is 3. The molecule has 3 heterocycles. The van der Waals surface area contributed by atoms with Gasteiger partial charge in [0.15, 0.2) is 0 Å². The molecule has 0 unspecified atom stereocenters. The molecule has 2 N–H and O–H groups in total. The lowest BCUT2D eigenvalue weighted by Gasteiger charge is -2.20. The van der Waals surface area contributed by atoms with E-state index in [1.165, 1.54) is 24.0 Å². The number of nitrogens with one attached hydrogen (secondary N) is 2. The van der Waals surface area contributed by atoms with Crippen LogP contribution in [0.5, 0.6) is 0 Å². The maximum atomic E-state index is 12.5. The largest absolute Gasteiger partial charge is 0.347 e. The summed E-state index contributed by atoms with van der Waals surface area (Å²) in [5.74, 6) is 0.0733. The first kappa shape index (κ1) is 14.0. The second-order valence-electron chi connectivity index (χ2n) is 6.34. The van der Waals surface area contributed by atoms with Gasteiger partial charge in [-0.2, -0.15) is 0 Å². The van der Waals surface area contributed by atoms with Gasteiger partial charge in [-0.1, -0.05) is 24.3 Å². The number of aryl methyl sites for hydroxylation is 1. The molecule has 0 radical (unpaired) electrons. The topological polar surface area (TPSA) is 41.1 Å². The van der Waals surface area contributed by atoms with Crippen molar-refractivity contribution in [3.05, 3.63) is 46.8 Å². The van der Waals surface area contributed by atoms with E-state index in [-0.39, 0.29) is 5.91 Å². The molecule has 2 aliphatic heterocycles. The van der Waals surface area contributed by atoms with Crippen molar-refractivity contribution >= 4 is 17.2 Å². The molecular formula is C18H20N2OS. The van der Waals surface area contributed by atoms with Crippen LogP contribution in [0.25, 0.3) is 10.4 Å². The predicted octanol–water partition coefficient (Wildman–Crippen LogP) is 3.35. The Bertz CT molecular complexity index is 709. The molecule has 3 nitrogen and oxygen atoms in total. The van der Waals surface area contributed by atoms with E-state index in [4.69, 9.17) is 0 Å². The van der Waals surface area contributed by atoms with E-state index in [2.05, 4.69) is 35.8 Å². The highest BCUT2D eigenvalue weighted by Gasteiger charge is 2.39. The molecule has 0 aliphatic carbocycles. The number of hydrogen-bond donors (Lipinski definition) is 2. The maximum Gasteiger partial charge on any atom is 0.261 e. The first-order valence-electron chi connectivity index (χ1n) is 7.93. The van der Waals surface area contributed by atoms with Crippen LogP contribution >= 0.6 is 11.3 Å².